The lowest BCUT2D eigenvalue weighted by atomic mass is 9.93. The van der Waals surface area contributed by atoms with Crippen molar-refractivity contribution < 1.29 is 14.7 Å². The summed E-state index contributed by atoms with van der Waals surface area (Å²) in [6.07, 6.45) is 9.44. The first-order chi connectivity index (χ1) is 10.0. The molecular weight excluding hydrogens is 266 g/mol. The number of aliphatic carboxylic acids is 1. The van der Waals surface area contributed by atoms with Gasteiger partial charge < -0.3 is 10.0 Å². The Balaban J connectivity index is 2.04. The fourth-order valence-electron chi connectivity index (χ4n) is 4.11. The molecule has 0 aromatic heterocycles. The minimum Gasteiger partial charge on any atom is -0.481 e. The number of rotatable bonds is 4. The molecule has 0 heterocycles. The largest absolute Gasteiger partial charge is 0.481 e. The van der Waals surface area contributed by atoms with E-state index in [-0.39, 0.29) is 11.8 Å². The van der Waals surface area contributed by atoms with Crippen LogP contribution in [0.2, 0.25) is 0 Å². The van der Waals surface area contributed by atoms with E-state index in [9.17, 15) is 14.7 Å². The number of carbonyl (C=O) groups is 2. The van der Waals surface area contributed by atoms with Crippen molar-refractivity contribution in [3.8, 4) is 0 Å². The summed E-state index contributed by atoms with van der Waals surface area (Å²) in [6.45, 7) is 2.09. The molecule has 21 heavy (non-hydrogen) atoms. The molecule has 4 nitrogen and oxygen atoms in total. The summed E-state index contributed by atoms with van der Waals surface area (Å²) in [5.74, 6) is -1.11. The maximum Gasteiger partial charge on any atom is 0.307 e. The maximum absolute atomic E-state index is 12.8. The second kappa shape index (κ2) is 7.28. The van der Waals surface area contributed by atoms with Crippen molar-refractivity contribution in [2.24, 2.45) is 17.8 Å². The normalized spacial score (nSPS) is 30.9. The average molecular weight is 295 g/mol. The van der Waals surface area contributed by atoms with Crippen LogP contribution in [-0.2, 0) is 9.59 Å². The standard InChI is InChI=1S/C17H29NO3/c1-3-12-10-14(15(11-12)17(20)21)16(19)18(2)13-8-6-4-5-7-9-13/h12-15H,3-11H2,1-2H3,(H,20,21). The Morgan fingerprint density at radius 1 is 1.05 bits per heavy atom. The van der Waals surface area contributed by atoms with E-state index in [0.29, 0.717) is 18.4 Å². The lowest BCUT2D eigenvalue weighted by Crippen LogP contribution is -2.42. The molecule has 0 radical (unpaired) electrons. The third-order valence-electron chi connectivity index (χ3n) is 5.59. The molecule has 0 aromatic carbocycles. The Hall–Kier alpha value is -1.06. The molecule has 2 rings (SSSR count). The van der Waals surface area contributed by atoms with Gasteiger partial charge >= 0.3 is 5.97 Å². The fraction of sp³-hybridized carbons (Fsp3) is 0.882. The molecule has 1 amide bonds. The Labute approximate surface area is 127 Å². The molecule has 0 bridgehead atoms. The highest BCUT2D eigenvalue weighted by molar-refractivity contribution is 5.85. The van der Waals surface area contributed by atoms with Crippen LogP contribution in [0, 0.1) is 17.8 Å². The van der Waals surface area contributed by atoms with Gasteiger partial charge in [0.05, 0.1) is 11.8 Å². The Morgan fingerprint density at radius 2 is 1.62 bits per heavy atom. The van der Waals surface area contributed by atoms with E-state index in [1.54, 1.807) is 0 Å². The SMILES string of the molecule is CCC1CC(C(=O)O)C(C(=O)N(C)C2CCCCCC2)C1. The summed E-state index contributed by atoms with van der Waals surface area (Å²) in [7, 11) is 1.89. The zero-order chi connectivity index (χ0) is 15.4. The van der Waals surface area contributed by atoms with Crippen LogP contribution in [0.4, 0.5) is 0 Å². The number of carboxylic acids is 1. The molecule has 4 heteroatoms. The van der Waals surface area contributed by atoms with E-state index in [1.807, 2.05) is 11.9 Å². The van der Waals surface area contributed by atoms with Crippen LogP contribution < -0.4 is 0 Å². The summed E-state index contributed by atoms with van der Waals surface area (Å²) in [5.41, 5.74) is 0. The minimum absolute atomic E-state index is 0.0743. The van der Waals surface area contributed by atoms with Gasteiger partial charge in [-0.05, 0) is 31.6 Å². The molecule has 0 aromatic rings. The van der Waals surface area contributed by atoms with Crippen molar-refractivity contribution in [3.05, 3.63) is 0 Å². The van der Waals surface area contributed by atoms with Gasteiger partial charge in [-0.2, -0.15) is 0 Å². The van der Waals surface area contributed by atoms with Gasteiger partial charge in [0, 0.05) is 13.1 Å². The van der Waals surface area contributed by atoms with Crippen LogP contribution in [0.15, 0.2) is 0 Å². The second-order valence-electron chi connectivity index (χ2n) is 6.89. The lowest BCUT2D eigenvalue weighted by Gasteiger charge is -2.30. The molecule has 2 fully saturated rings. The number of carboxylic acid groups (broad SMARTS) is 1. The van der Waals surface area contributed by atoms with E-state index in [1.165, 1.54) is 25.7 Å². The molecule has 120 valence electrons. The highest BCUT2D eigenvalue weighted by Gasteiger charge is 2.43. The van der Waals surface area contributed by atoms with E-state index < -0.39 is 11.9 Å². The number of hydrogen-bond donors (Lipinski definition) is 1. The van der Waals surface area contributed by atoms with Crippen molar-refractivity contribution >= 4 is 11.9 Å². The predicted octanol–water partition coefficient (Wildman–Crippen LogP) is 3.30. The molecule has 2 aliphatic carbocycles. The van der Waals surface area contributed by atoms with Crippen molar-refractivity contribution in [2.75, 3.05) is 7.05 Å². The van der Waals surface area contributed by atoms with Gasteiger partial charge in [0.2, 0.25) is 5.91 Å². The van der Waals surface area contributed by atoms with Gasteiger partial charge in [-0.25, -0.2) is 0 Å². The van der Waals surface area contributed by atoms with Gasteiger partial charge in [-0.1, -0.05) is 39.0 Å². The van der Waals surface area contributed by atoms with E-state index >= 15 is 0 Å². The number of hydrogen-bond acceptors (Lipinski definition) is 2. The van der Waals surface area contributed by atoms with E-state index in [0.717, 1.165) is 25.7 Å². The first-order valence-electron chi connectivity index (χ1n) is 8.54. The van der Waals surface area contributed by atoms with Crippen LogP contribution in [-0.4, -0.2) is 35.0 Å². The maximum atomic E-state index is 12.8. The summed E-state index contributed by atoms with van der Waals surface area (Å²) in [5, 5.41) is 9.41. The molecule has 2 saturated carbocycles. The van der Waals surface area contributed by atoms with Crippen LogP contribution in [0.1, 0.15) is 64.7 Å². The van der Waals surface area contributed by atoms with Gasteiger partial charge in [-0.3, -0.25) is 9.59 Å². The smallest absolute Gasteiger partial charge is 0.307 e. The quantitative estimate of drug-likeness (QED) is 0.810. The summed E-state index contributed by atoms with van der Waals surface area (Å²) >= 11 is 0. The molecule has 2 aliphatic rings. The van der Waals surface area contributed by atoms with Crippen LogP contribution >= 0.6 is 0 Å². The van der Waals surface area contributed by atoms with Crippen LogP contribution in [0.3, 0.4) is 0 Å². The Bertz CT molecular complexity index is 374. The average Bonchev–Trinajstić information content (AvgIpc) is 2.73. The highest BCUT2D eigenvalue weighted by atomic mass is 16.4. The van der Waals surface area contributed by atoms with Crippen LogP contribution in [0.25, 0.3) is 0 Å². The molecular formula is C17H29NO3. The van der Waals surface area contributed by atoms with Crippen molar-refractivity contribution in [1.82, 2.24) is 4.90 Å². The number of carbonyl (C=O) groups excluding carboxylic acids is 1. The molecule has 0 aliphatic heterocycles. The fourth-order valence-corrected chi connectivity index (χ4v) is 4.11. The first kappa shape index (κ1) is 16.3. The molecule has 3 atom stereocenters. The van der Waals surface area contributed by atoms with Crippen molar-refractivity contribution in [1.29, 1.82) is 0 Å². The summed E-state index contributed by atoms with van der Waals surface area (Å²) < 4.78 is 0. The third-order valence-corrected chi connectivity index (χ3v) is 5.59. The second-order valence-corrected chi connectivity index (χ2v) is 6.89. The van der Waals surface area contributed by atoms with Gasteiger partial charge in [-0.15, -0.1) is 0 Å². The molecule has 3 unspecified atom stereocenters. The van der Waals surface area contributed by atoms with Crippen LogP contribution in [0.5, 0.6) is 0 Å². The topological polar surface area (TPSA) is 57.6 Å². The minimum atomic E-state index is -0.793. The highest BCUT2D eigenvalue weighted by Crippen LogP contribution is 2.40. The molecule has 0 saturated heterocycles. The number of nitrogens with zero attached hydrogens (tertiary/aromatic N) is 1. The Morgan fingerprint density at radius 3 is 2.14 bits per heavy atom. The van der Waals surface area contributed by atoms with E-state index in [2.05, 4.69) is 6.92 Å². The van der Waals surface area contributed by atoms with Gasteiger partial charge in [0.1, 0.15) is 0 Å². The van der Waals surface area contributed by atoms with Crippen molar-refractivity contribution in [3.63, 3.8) is 0 Å². The zero-order valence-electron chi connectivity index (χ0n) is 13.4. The Kier molecular flexibility index (Phi) is 5.65. The third kappa shape index (κ3) is 3.78. The lowest BCUT2D eigenvalue weighted by molar-refractivity contribution is -0.149. The zero-order valence-corrected chi connectivity index (χ0v) is 13.4. The first-order valence-corrected chi connectivity index (χ1v) is 8.54. The van der Waals surface area contributed by atoms with E-state index in [4.69, 9.17) is 0 Å². The summed E-state index contributed by atoms with van der Waals surface area (Å²) in [4.78, 5) is 26.1. The van der Waals surface area contributed by atoms with Crippen molar-refractivity contribution in [2.45, 2.75) is 70.8 Å². The monoisotopic (exact) mass is 295 g/mol. The molecule has 0 spiro atoms. The van der Waals surface area contributed by atoms with Gasteiger partial charge in [0.25, 0.3) is 0 Å². The summed E-state index contributed by atoms with van der Waals surface area (Å²) in [6, 6.07) is 0.315. The molecule has 1 N–H and O–H groups in total. The predicted molar refractivity (Wildman–Crippen MR) is 81.9 cm³/mol. The van der Waals surface area contributed by atoms with Gasteiger partial charge in [0.15, 0.2) is 0 Å². The number of amides is 1.